The van der Waals surface area contributed by atoms with Gasteiger partial charge in [0.1, 0.15) is 5.56 Å². The minimum atomic E-state index is -0.337. The van der Waals surface area contributed by atoms with E-state index in [-0.39, 0.29) is 34.2 Å². The number of hydrogen-bond donors (Lipinski definition) is 1. The highest BCUT2D eigenvalue weighted by Crippen LogP contribution is 2.34. The van der Waals surface area contributed by atoms with Gasteiger partial charge in [0.15, 0.2) is 5.75 Å². The number of methoxy groups -OCH3 is 1. The molecule has 2 aromatic rings. The Morgan fingerprint density at radius 2 is 1.89 bits per heavy atom. The van der Waals surface area contributed by atoms with Crippen LogP contribution in [-0.4, -0.2) is 47.9 Å². The quantitative estimate of drug-likeness (QED) is 0.842. The summed E-state index contributed by atoms with van der Waals surface area (Å²) in [6.07, 6.45) is 4.49. The molecule has 2 heterocycles. The van der Waals surface area contributed by atoms with Crippen LogP contribution >= 0.6 is 23.2 Å². The number of aromatic nitrogens is 1. The van der Waals surface area contributed by atoms with E-state index in [1.807, 2.05) is 0 Å². The Labute approximate surface area is 167 Å². The number of carbonyl (C=O) groups excluding carboxylic acids is 2. The van der Waals surface area contributed by atoms with E-state index in [0.717, 1.165) is 0 Å². The van der Waals surface area contributed by atoms with Gasteiger partial charge in [-0.1, -0.05) is 23.2 Å². The fraction of sp³-hybridized carbons (Fsp3) is 0.316. The normalized spacial score (nSPS) is 14.7. The maximum Gasteiger partial charge on any atom is 0.256 e. The van der Waals surface area contributed by atoms with Crippen molar-refractivity contribution in [3.8, 4) is 5.75 Å². The molecule has 1 aliphatic rings. The molecule has 0 unspecified atom stereocenters. The summed E-state index contributed by atoms with van der Waals surface area (Å²) < 4.78 is 5.23. The summed E-state index contributed by atoms with van der Waals surface area (Å²) in [6, 6.07) is 6.58. The Bertz CT molecular complexity index is 838. The van der Waals surface area contributed by atoms with Crippen molar-refractivity contribution in [1.29, 1.82) is 0 Å². The van der Waals surface area contributed by atoms with Crippen LogP contribution in [0.3, 0.4) is 0 Å². The molecule has 0 atom stereocenters. The van der Waals surface area contributed by atoms with Crippen molar-refractivity contribution in [3.63, 3.8) is 0 Å². The van der Waals surface area contributed by atoms with E-state index in [0.29, 0.717) is 36.5 Å². The van der Waals surface area contributed by atoms with Crippen molar-refractivity contribution in [2.24, 2.45) is 0 Å². The molecule has 0 radical (unpaired) electrons. The summed E-state index contributed by atoms with van der Waals surface area (Å²) in [5.74, 6) is -0.130. The summed E-state index contributed by atoms with van der Waals surface area (Å²) in [6.45, 7) is 1.11. The van der Waals surface area contributed by atoms with Gasteiger partial charge in [0, 0.05) is 31.5 Å². The lowest BCUT2D eigenvalue weighted by molar-refractivity contribution is 0.0697. The highest BCUT2D eigenvalue weighted by molar-refractivity contribution is 6.37. The van der Waals surface area contributed by atoms with E-state index in [1.54, 1.807) is 41.6 Å². The number of benzene rings is 1. The van der Waals surface area contributed by atoms with E-state index >= 15 is 0 Å². The number of amides is 2. The minimum Gasteiger partial charge on any atom is -0.494 e. The van der Waals surface area contributed by atoms with Crippen LogP contribution in [0.5, 0.6) is 5.75 Å². The van der Waals surface area contributed by atoms with Crippen molar-refractivity contribution in [2.75, 3.05) is 20.2 Å². The van der Waals surface area contributed by atoms with E-state index in [9.17, 15) is 9.59 Å². The predicted molar refractivity (Wildman–Crippen MR) is 104 cm³/mol. The fourth-order valence-electron chi connectivity index (χ4n) is 3.10. The minimum absolute atomic E-state index is 0.0487. The first-order valence-corrected chi connectivity index (χ1v) is 9.29. The molecule has 1 saturated heterocycles. The number of nitrogens with one attached hydrogen (secondary N) is 1. The molecule has 27 heavy (non-hydrogen) atoms. The lowest BCUT2D eigenvalue weighted by Gasteiger charge is -2.32. The van der Waals surface area contributed by atoms with Crippen LogP contribution in [0.1, 0.15) is 33.6 Å². The third-order valence-electron chi connectivity index (χ3n) is 4.52. The number of hydrogen-bond acceptors (Lipinski definition) is 4. The first-order chi connectivity index (χ1) is 13.0. The van der Waals surface area contributed by atoms with E-state index in [2.05, 4.69) is 10.3 Å². The summed E-state index contributed by atoms with van der Waals surface area (Å²) >= 11 is 12.3. The number of ether oxygens (including phenoxy) is 1. The second-order valence-corrected chi connectivity index (χ2v) is 7.03. The molecule has 3 rings (SSSR count). The molecule has 6 nitrogen and oxygen atoms in total. The van der Waals surface area contributed by atoms with Gasteiger partial charge in [-0.15, -0.1) is 0 Å². The molecule has 8 heteroatoms. The van der Waals surface area contributed by atoms with E-state index < -0.39 is 0 Å². The monoisotopic (exact) mass is 407 g/mol. The van der Waals surface area contributed by atoms with Gasteiger partial charge in [0.25, 0.3) is 11.8 Å². The van der Waals surface area contributed by atoms with Gasteiger partial charge in [-0.3, -0.25) is 14.6 Å². The van der Waals surface area contributed by atoms with Gasteiger partial charge < -0.3 is 15.0 Å². The predicted octanol–water partition coefficient (Wildman–Crippen LogP) is 3.43. The van der Waals surface area contributed by atoms with Gasteiger partial charge in [0.2, 0.25) is 0 Å². The number of nitrogens with zero attached hydrogens (tertiary/aromatic N) is 2. The van der Waals surface area contributed by atoms with Crippen LogP contribution < -0.4 is 10.1 Å². The van der Waals surface area contributed by atoms with Crippen LogP contribution in [0.15, 0.2) is 36.7 Å². The van der Waals surface area contributed by atoms with E-state index in [1.165, 1.54) is 7.11 Å². The first-order valence-electron chi connectivity index (χ1n) is 8.53. The summed E-state index contributed by atoms with van der Waals surface area (Å²) in [4.78, 5) is 30.9. The molecule has 1 fully saturated rings. The van der Waals surface area contributed by atoms with Crippen molar-refractivity contribution in [3.05, 3.63) is 57.8 Å². The third kappa shape index (κ3) is 4.34. The highest BCUT2D eigenvalue weighted by atomic mass is 35.5. The van der Waals surface area contributed by atoms with Gasteiger partial charge in [-0.05, 0) is 37.1 Å². The standard InChI is InChI=1S/C19H19Cl2N3O3/c1-27-17-15(21)5-4-14(20)16(17)18(25)23-13-6-9-24(10-7-13)19(26)12-3-2-8-22-11-12/h2-5,8,11,13H,6-7,9-10H2,1H3,(H,23,25). The number of carbonyl (C=O) groups is 2. The second-order valence-electron chi connectivity index (χ2n) is 6.22. The lowest BCUT2D eigenvalue weighted by atomic mass is 10.0. The fourth-order valence-corrected chi connectivity index (χ4v) is 3.57. The summed E-state index contributed by atoms with van der Waals surface area (Å²) in [5.41, 5.74) is 0.788. The number of halogens is 2. The zero-order valence-electron chi connectivity index (χ0n) is 14.7. The molecule has 1 aromatic carbocycles. The van der Waals surface area contributed by atoms with Crippen LogP contribution in [0, 0.1) is 0 Å². The Balaban J connectivity index is 1.62. The Morgan fingerprint density at radius 1 is 1.19 bits per heavy atom. The van der Waals surface area contributed by atoms with Crippen LogP contribution in [0.2, 0.25) is 10.0 Å². The Kier molecular flexibility index (Phi) is 6.19. The summed E-state index contributed by atoms with van der Waals surface area (Å²) in [5, 5.41) is 3.56. The zero-order valence-corrected chi connectivity index (χ0v) is 16.3. The SMILES string of the molecule is COc1c(Cl)ccc(Cl)c1C(=O)NC1CCN(C(=O)c2cccnc2)CC1. The van der Waals surface area contributed by atoms with Gasteiger partial charge in [0.05, 0.1) is 22.7 Å². The topological polar surface area (TPSA) is 71.5 Å². The molecule has 1 N–H and O–H groups in total. The van der Waals surface area contributed by atoms with Gasteiger partial charge in [-0.25, -0.2) is 0 Å². The van der Waals surface area contributed by atoms with Crippen molar-refractivity contribution in [1.82, 2.24) is 15.2 Å². The first kappa shape index (κ1) is 19.5. The smallest absolute Gasteiger partial charge is 0.256 e. The lowest BCUT2D eigenvalue weighted by Crippen LogP contribution is -2.46. The van der Waals surface area contributed by atoms with Gasteiger partial charge in [-0.2, -0.15) is 0 Å². The number of pyridine rings is 1. The summed E-state index contributed by atoms with van der Waals surface area (Å²) in [7, 11) is 1.44. The molecule has 0 bridgehead atoms. The third-order valence-corrected chi connectivity index (χ3v) is 5.13. The molecule has 1 aromatic heterocycles. The average Bonchev–Trinajstić information content (AvgIpc) is 2.70. The molecule has 142 valence electrons. The Morgan fingerprint density at radius 3 is 2.52 bits per heavy atom. The molecular formula is C19H19Cl2N3O3. The molecule has 0 saturated carbocycles. The van der Waals surface area contributed by atoms with Crippen molar-refractivity contribution in [2.45, 2.75) is 18.9 Å². The second kappa shape index (κ2) is 8.59. The number of likely N-dealkylation sites (tertiary alicyclic amines) is 1. The highest BCUT2D eigenvalue weighted by Gasteiger charge is 2.27. The van der Waals surface area contributed by atoms with Crippen molar-refractivity contribution >= 4 is 35.0 Å². The number of rotatable bonds is 4. The Hall–Kier alpha value is -2.31. The number of piperidine rings is 1. The maximum absolute atomic E-state index is 12.7. The molecule has 0 spiro atoms. The molecule has 0 aliphatic carbocycles. The average molecular weight is 408 g/mol. The van der Waals surface area contributed by atoms with E-state index in [4.69, 9.17) is 27.9 Å². The van der Waals surface area contributed by atoms with Crippen molar-refractivity contribution < 1.29 is 14.3 Å². The maximum atomic E-state index is 12.7. The van der Waals surface area contributed by atoms with Crippen LogP contribution in [0.4, 0.5) is 0 Å². The van der Waals surface area contributed by atoms with Crippen LogP contribution in [-0.2, 0) is 0 Å². The largest absolute Gasteiger partial charge is 0.494 e. The molecular weight excluding hydrogens is 389 g/mol. The zero-order chi connectivity index (χ0) is 19.4. The van der Waals surface area contributed by atoms with Gasteiger partial charge >= 0.3 is 0 Å². The van der Waals surface area contributed by atoms with Crippen LogP contribution in [0.25, 0.3) is 0 Å². The molecule has 1 aliphatic heterocycles. The molecule has 2 amide bonds.